The number of fused-ring (bicyclic) bond motifs is 6. The minimum Gasteiger partial charge on any atom is -0.463 e. The average molecular weight is 272 g/mol. The van der Waals surface area contributed by atoms with Crippen LogP contribution in [0.25, 0.3) is 0 Å². The van der Waals surface area contributed by atoms with Crippen LogP contribution in [0, 0.1) is 11.8 Å². The van der Waals surface area contributed by atoms with Crippen molar-refractivity contribution in [3.8, 4) is 0 Å². The Morgan fingerprint density at radius 3 is 2.79 bits per heavy atom. The van der Waals surface area contributed by atoms with Gasteiger partial charge in [-0.25, -0.2) is 0 Å². The van der Waals surface area contributed by atoms with E-state index >= 15 is 0 Å². The van der Waals surface area contributed by atoms with Crippen molar-refractivity contribution < 1.29 is 33.6 Å². The second kappa shape index (κ2) is 4.24. The van der Waals surface area contributed by atoms with Gasteiger partial charge >= 0.3 is 5.97 Å². The van der Waals surface area contributed by atoms with Crippen LogP contribution >= 0.6 is 0 Å². The molecule has 7 nitrogen and oxygen atoms in total. The average Bonchev–Trinajstić information content (AvgIpc) is 2.81. The second-order valence-corrected chi connectivity index (χ2v) is 5.26. The lowest BCUT2D eigenvalue weighted by Gasteiger charge is -2.50. The fourth-order valence-electron chi connectivity index (χ4n) is 2.85. The fourth-order valence-corrected chi connectivity index (χ4v) is 2.85. The first-order valence-electron chi connectivity index (χ1n) is 6.28. The van der Waals surface area contributed by atoms with Gasteiger partial charge in [-0.2, -0.15) is 9.78 Å². The van der Waals surface area contributed by atoms with Crippen molar-refractivity contribution in [1.29, 1.82) is 0 Å². The number of Topliss-reactive ketones (excluding diaryl/α,β-unsaturated/α-hetero) is 1. The third-order valence-corrected chi connectivity index (χ3v) is 4.12. The summed E-state index contributed by atoms with van der Waals surface area (Å²) < 4.78 is 16.6. The molecule has 0 radical (unpaired) electrons. The highest BCUT2D eigenvalue weighted by Gasteiger charge is 2.66. The van der Waals surface area contributed by atoms with E-state index < -0.39 is 36.2 Å². The van der Waals surface area contributed by atoms with Gasteiger partial charge in [0.15, 0.2) is 5.60 Å². The molecule has 0 aromatic rings. The number of hydrogen-bond donors (Lipinski definition) is 0. The van der Waals surface area contributed by atoms with Crippen molar-refractivity contribution >= 4 is 11.8 Å². The summed E-state index contributed by atoms with van der Waals surface area (Å²) in [5.41, 5.74) is -1.13. The summed E-state index contributed by atoms with van der Waals surface area (Å²) in [7, 11) is 0. The first-order chi connectivity index (χ1) is 8.95. The quantitative estimate of drug-likeness (QED) is 0.523. The molecule has 0 N–H and O–H groups in total. The maximum absolute atomic E-state index is 12.3. The summed E-state index contributed by atoms with van der Waals surface area (Å²) in [6.45, 7) is 4.69. The molecular formula is C12H16O7. The Kier molecular flexibility index (Phi) is 2.90. The monoisotopic (exact) mass is 272 g/mol. The molecule has 3 saturated heterocycles. The van der Waals surface area contributed by atoms with Crippen LogP contribution in [0.4, 0.5) is 0 Å². The van der Waals surface area contributed by atoms with Crippen LogP contribution in [0.5, 0.6) is 0 Å². The normalized spacial score (nSPS) is 48.2. The number of ether oxygens (including phenoxy) is 3. The molecule has 3 heterocycles. The number of carbonyl (C=O) groups excluding carboxylic acids is 2. The van der Waals surface area contributed by atoms with E-state index in [1.807, 2.05) is 0 Å². The summed E-state index contributed by atoms with van der Waals surface area (Å²) in [6.07, 6.45) is -2.11. The van der Waals surface area contributed by atoms with E-state index in [2.05, 4.69) is 0 Å². The lowest BCUT2D eigenvalue weighted by atomic mass is 9.75. The highest BCUT2D eigenvalue weighted by Crippen LogP contribution is 2.47. The van der Waals surface area contributed by atoms with Crippen molar-refractivity contribution in [3.05, 3.63) is 0 Å². The van der Waals surface area contributed by atoms with E-state index in [1.165, 1.54) is 6.92 Å². The first-order valence-corrected chi connectivity index (χ1v) is 6.28. The van der Waals surface area contributed by atoms with Gasteiger partial charge in [-0.1, -0.05) is 13.8 Å². The van der Waals surface area contributed by atoms with Crippen LogP contribution in [0.1, 0.15) is 20.8 Å². The number of carbonyl (C=O) groups is 2. The highest BCUT2D eigenvalue weighted by atomic mass is 17.3. The Morgan fingerprint density at radius 2 is 2.11 bits per heavy atom. The van der Waals surface area contributed by atoms with Crippen molar-refractivity contribution in [3.63, 3.8) is 0 Å². The minimum atomic E-state index is -1.13. The first kappa shape index (κ1) is 13.0. The molecule has 7 heteroatoms. The zero-order chi connectivity index (χ0) is 13.8. The lowest BCUT2D eigenvalue weighted by Crippen LogP contribution is -2.68. The zero-order valence-electron chi connectivity index (χ0n) is 11.0. The molecule has 6 atom stereocenters. The molecule has 19 heavy (non-hydrogen) atoms. The smallest absolute Gasteiger partial charge is 0.302 e. The van der Waals surface area contributed by atoms with Gasteiger partial charge in [0.25, 0.3) is 0 Å². The van der Waals surface area contributed by atoms with Gasteiger partial charge in [0.05, 0.1) is 5.92 Å². The molecule has 0 saturated carbocycles. The SMILES string of the molecule is CC(=O)OC[C@]12O[C@H]([C@@H]3OO[C@H]1O3)[C@H](C)C(=O)[C@@H]2C. The maximum atomic E-state index is 12.3. The van der Waals surface area contributed by atoms with Crippen LogP contribution in [0.2, 0.25) is 0 Å². The molecule has 3 fully saturated rings. The van der Waals surface area contributed by atoms with Crippen LogP contribution in [-0.2, 0) is 33.6 Å². The Labute approximate surface area is 110 Å². The van der Waals surface area contributed by atoms with E-state index in [9.17, 15) is 9.59 Å². The molecular weight excluding hydrogens is 256 g/mol. The number of rotatable bonds is 2. The standard InChI is InChI=1S/C12H16O7/c1-5-8(14)6(2)12(4-15-7(3)13)11-16-10(18-19-11)9(5)17-12/h5-6,9-11H,4H2,1-3H3/t5-,6+,9+,10+,11-,12-/m1/s1. The fraction of sp³-hybridized carbons (Fsp3) is 0.833. The van der Waals surface area contributed by atoms with Gasteiger partial charge in [0.1, 0.15) is 18.5 Å². The summed E-state index contributed by atoms with van der Waals surface area (Å²) in [4.78, 5) is 33.5. The Balaban J connectivity index is 1.94. The van der Waals surface area contributed by atoms with Gasteiger partial charge in [-0.15, -0.1) is 0 Å². The highest BCUT2D eigenvalue weighted by molar-refractivity contribution is 5.85. The summed E-state index contributed by atoms with van der Waals surface area (Å²) in [5, 5.41) is 0. The molecule has 0 aromatic carbocycles. The summed E-state index contributed by atoms with van der Waals surface area (Å²) >= 11 is 0. The number of hydrogen-bond acceptors (Lipinski definition) is 7. The van der Waals surface area contributed by atoms with Gasteiger partial charge in [-0.3, -0.25) is 9.59 Å². The number of ketones is 1. The van der Waals surface area contributed by atoms with Crippen LogP contribution in [0.15, 0.2) is 0 Å². The minimum absolute atomic E-state index is 0.0378. The van der Waals surface area contributed by atoms with Gasteiger partial charge in [0, 0.05) is 12.8 Å². The third-order valence-electron chi connectivity index (χ3n) is 4.12. The maximum Gasteiger partial charge on any atom is 0.302 e. The zero-order valence-corrected chi connectivity index (χ0v) is 11.0. The molecule has 0 unspecified atom stereocenters. The van der Waals surface area contributed by atoms with E-state index in [0.29, 0.717) is 0 Å². The van der Waals surface area contributed by atoms with E-state index in [0.717, 1.165) is 0 Å². The summed E-state index contributed by atoms with van der Waals surface area (Å²) in [6, 6.07) is 0. The van der Waals surface area contributed by atoms with Gasteiger partial charge in [-0.05, 0) is 0 Å². The van der Waals surface area contributed by atoms with Crippen molar-refractivity contribution in [2.45, 2.75) is 45.1 Å². The molecule has 0 aliphatic carbocycles. The topological polar surface area (TPSA) is 80.3 Å². The van der Waals surface area contributed by atoms with E-state index in [1.54, 1.807) is 13.8 Å². The van der Waals surface area contributed by atoms with Crippen molar-refractivity contribution in [2.24, 2.45) is 11.8 Å². The molecule has 3 aliphatic heterocycles. The third kappa shape index (κ3) is 1.73. The van der Waals surface area contributed by atoms with E-state index in [-0.39, 0.29) is 18.3 Å². The Hall–Kier alpha value is -1.02. The van der Waals surface area contributed by atoms with Crippen LogP contribution < -0.4 is 0 Å². The molecule has 106 valence electrons. The molecule has 4 bridgehead atoms. The second-order valence-electron chi connectivity index (χ2n) is 5.26. The number of esters is 1. The molecule has 0 amide bonds. The lowest BCUT2D eigenvalue weighted by molar-refractivity contribution is -0.325. The van der Waals surface area contributed by atoms with Crippen molar-refractivity contribution in [2.75, 3.05) is 6.61 Å². The molecule has 0 spiro atoms. The largest absolute Gasteiger partial charge is 0.463 e. The van der Waals surface area contributed by atoms with E-state index in [4.69, 9.17) is 24.0 Å². The predicted molar refractivity (Wildman–Crippen MR) is 58.4 cm³/mol. The van der Waals surface area contributed by atoms with Crippen molar-refractivity contribution in [1.82, 2.24) is 0 Å². The molecule has 3 rings (SSSR count). The molecule has 3 aliphatic rings. The summed E-state index contributed by atoms with van der Waals surface area (Å²) in [5.74, 6) is -1.27. The van der Waals surface area contributed by atoms with Crippen LogP contribution in [-0.4, -0.2) is 42.6 Å². The Bertz CT molecular complexity index is 422. The Morgan fingerprint density at radius 1 is 1.37 bits per heavy atom. The van der Waals surface area contributed by atoms with Gasteiger partial charge < -0.3 is 14.2 Å². The molecule has 0 aromatic heterocycles. The van der Waals surface area contributed by atoms with Crippen LogP contribution in [0.3, 0.4) is 0 Å². The predicted octanol–water partition coefficient (Wildman–Crippen LogP) is 0.173. The van der Waals surface area contributed by atoms with Gasteiger partial charge in [0.2, 0.25) is 12.6 Å².